The molecule has 1 saturated heterocycles. The average molecular weight is 358 g/mol. The second-order valence-corrected chi connectivity index (χ2v) is 8.17. The predicted molar refractivity (Wildman–Crippen MR) is 99.8 cm³/mol. The first-order valence-electron chi connectivity index (χ1n) is 9.43. The second-order valence-electron chi connectivity index (χ2n) is 8.17. The number of fused-ring (bicyclic) bond motifs is 4. The largest absolute Gasteiger partial charge is 0.507 e. The van der Waals surface area contributed by atoms with Gasteiger partial charge in [-0.1, -0.05) is 42.5 Å². The Bertz CT molecular complexity index is 1050. The number of aromatic hydroxyl groups is 1. The summed E-state index contributed by atoms with van der Waals surface area (Å²) in [6.07, 6.45) is 7.98. The number of amides is 2. The van der Waals surface area contributed by atoms with E-state index in [1.54, 1.807) is 6.07 Å². The zero-order valence-corrected chi connectivity index (χ0v) is 14.6. The maximum Gasteiger partial charge on any atom is 0.254 e. The third kappa shape index (κ3) is 1.77. The minimum atomic E-state index is -0.256. The number of phenolic OH excluding ortho intramolecular Hbond substituents is 1. The lowest BCUT2D eigenvalue weighted by molar-refractivity contribution is -0.141. The quantitative estimate of drug-likeness (QED) is 0.510. The molecule has 3 fully saturated rings. The van der Waals surface area contributed by atoms with Gasteiger partial charge < -0.3 is 5.11 Å². The van der Waals surface area contributed by atoms with Gasteiger partial charge in [0.2, 0.25) is 0 Å². The molecule has 1 aliphatic heterocycles. The van der Waals surface area contributed by atoms with Crippen LogP contribution in [0.5, 0.6) is 5.75 Å². The van der Waals surface area contributed by atoms with Gasteiger partial charge in [-0.25, -0.2) is 0 Å². The summed E-state index contributed by atoms with van der Waals surface area (Å²) in [6, 6.07) is 11.1. The van der Waals surface area contributed by atoms with Crippen LogP contribution in [0.2, 0.25) is 0 Å². The molecule has 6 rings (SSSR count). The van der Waals surface area contributed by atoms with Crippen LogP contribution in [0.4, 0.5) is 0 Å². The number of carbonyl (C=O) groups is 2. The molecule has 4 aliphatic rings. The minimum absolute atomic E-state index is 0.0791. The van der Waals surface area contributed by atoms with Crippen LogP contribution in [0, 0.1) is 29.1 Å². The maximum absolute atomic E-state index is 13.0. The lowest BCUT2D eigenvalue weighted by Crippen LogP contribution is -2.30. The number of hydrogen-bond acceptors (Lipinski definition) is 4. The molecule has 0 aromatic heterocycles. The Balaban J connectivity index is 1.37. The summed E-state index contributed by atoms with van der Waals surface area (Å²) in [4.78, 5) is 25.9. The predicted octanol–water partition coefficient (Wildman–Crippen LogP) is 3.08. The standard InChI is InChI=1S/C22H18N2O3/c25-17-8-5-12-3-1-2-4-13(12)14(17)11-23-24-20(26)18-15-6-7-16(19(18)21(24)27)22(15)9-10-22/h1-8,11,15-16,18-19,25H,9-10H2/b23-11-/t15-,16-,18-,19-/m0/s1. The summed E-state index contributed by atoms with van der Waals surface area (Å²) in [5.74, 6) is -0.435. The third-order valence-corrected chi connectivity index (χ3v) is 7.08. The van der Waals surface area contributed by atoms with Crippen LogP contribution in [0.1, 0.15) is 18.4 Å². The topological polar surface area (TPSA) is 70.0 Å². The molecule has 5 nitrogen and oxygen atoms in total. The first-order valence-corrected chi connectivity index (χ1v) is 9.43. The summed E-state index contributed by atoms with van der Waals surface area (Å²) in [5, 5.41) is 17.3. The SMILES string of the molecule is O=C1[C@@H]2[C@@H](C(=O)N1/N=C\c1c(O)ccc3ccccc13)[C@@H]1C=C[C@@H]2C12CC2. The molecule has 2 aromatic rings. The zero-order chi connectivity index (χ0) is 18.3. The van der Waals surface area contributed by atoms with E-state index in [9.17, 15) is 14.7 Å². The molecule has 3 aliphatic carbocycles. The number of imide groups is 1. The number of allylic oxidation sites excluding steroid dienone is 2. The van der Waals surface area contributed by atoms with Gasteiger partial charge in [-0.15, -0.1) is 0 Å². The van der Waals surface area contributed by atoms with Crippen LogP contribution in [-0.4, -0.2) is 28.1 Å². The van der Waals surface area contributed by atoms with E-state index in [0.717, 1.165) is 28.6 Å². The van der Waals surface area contributed by atoms with Crippen LogP contribution in [0.25, 0.3) is 10.8 Å². The van der Waals surface area contributed by atoms with Crippen molar-refractivity contribution in [2.24, 2.45) is 34.2 Å². The molecular formula is C22H18N2O3. The number of nitrogens with zero attached hydrogens (tertiary/aromatic N) is 2. The van der Waals surface area contributed by atoms with Gasteiger partial charge in [0, 0.05) is 5.56 Å². The first-order chi connectivity index (χ1) is 13.1. The molecule has 2 saturated carbocycles. The van der Waals surface area contributed by atoms with Crippen LogP contribution >= 0.6 is 0 Å². The van der Waals surface area contributed by atoms with Crippen molar-refractivity contribution in [2.75, 3.05) is 0 Å². The van der Waals surface area contributed by atoms with Crippen molar-refractivity contribution in [1.82, 2.24) is 5.01 Å². The Morgan fingerprint density at radius 2 is 1.67 bits per heavy atom. The molecule has 134 valence electrons. The molecule has 0 radical (unpaired) electrons. The molecule has 1 N–H and O–H groups in total. The van der Waals surface area contributed by atoms with Gasteiger partial charge in [-0.2, -0.15) is 10.1 Å². The second kappa shape index (κ2) is 4.85. The number of hydrogen-bond donors (Lipinski definition) is 1. The fourth-order valence-corrected chi connectivity index (χ4v) is 5.71. The summed E-state index contributed by atoms with van der Waals surface area (Å²) in [7, 11) is 0. The van der Waals surface area contributed by atoms with E-state index >= 15 is 0 Å². The molecule has 1 heterocycles. The van der Waals surface area contributed by atoms with Gasteiger partial charge in [0.15, 0.2) is 0 Å². The Labute approximate surface area is 156 Å². The molecule has 5 heteroatoms. The van der Waals surface area contributed by atoms with Crippen molar-refractivity contribution < 1.29 is 14.7 Å². The van der Waals surface area contributed by atoms with Crippen molar-refractivity contribution in [1.29, 1.82) is 0 Å². The van der Waals surface area contributed by atoms with Crippen LogP contribution < -0.4 is 0 Å². The lowest BCUT2D eigenvalue weighted by atomic mass is 9.85. The number of rotatable bonds is 2. The Kier molecular flexibility index (Phi) is 2.72. The first kappa shape index (κ1) is 15.1. The van der Waals surface area contributed by atoms with Crippen molar-refractivity contribution in [3.05, 3.63) is 54.1 Å². The third-order valence-electron chi connectivity index (χ3n) is 7.08. The van der Waals surface area contributed by atoms with E-state index in [4.69, 9.17) is 0 Å². The molecule has 2 amide bonds. The molecule has 2 aromatic carbocycles. The van der Waals surface area contributed by atoms with Crippen molar-refractivity contribution in [2.45, 2.75) is 12.8 Å². The fourth-order valence-electron chi connectivity index (χ4n) is 5.71. The monoisotopic (exact) mass is 358 g/mol. The van der Waals surface area contributed by atoms with E-state index < -0.39 is 0 Å². The summed E-state index contributed by atoms with van der Waals surface area (Å²) < 4.78 is 0. The number of phenols is 1. The van der Waals surface area contributed by atoms with E-state index in [1.165, 1.54) is 6.21 Å². The highest BCUT2D eigenvalue weighted by Crippen LogP contribution is 2.73. The minimum Gasteiger partial charge on any atom is -0.507 e. The van der Waals surface area contributed by atoms with Gasteiger partial charge in [-0.05, 0) is 46.9 Å². The summed E-state index contributed by atoms with van der Waals surface area (Å²) in [5.41, 5.74) is 0.704. The van der Waals surface area contributed by atoms with Crippen molar-refractivity contribution in [3.63, 3.8) is 0 Å². The van der Waals surface area contributed by atoms with Gasteiger partial charge in [0.1, 0.15) is 5.75 Å². The van der Waals surface area contributed by atoms with Gasteiger partial charge in [-0.3, -0.25) is 9.59 Å². The summed E-state index contributed by atoms with van der Waals surface area (Å²) in [6.45, 7) is 0. The van der Waals surface area contributed by atoms with Gasteiger partial charge in [0.25, 0.3) is 11.8 Å². The highest BCUT2D eigenvalue weighted by molar-refractivity contribution is 6.08. The van der Waals surface area contributed by atoms with Gasteiger partial charge in [0.05, 0.1) is 18.1 Å². The number of hydrazone groups is 1. The smallest absolute Gasteiger partial charge is 0.254 e. The van der Waals surface area contributed by atoms with Gasteiger partial charge >= 0.3 is 0 Å². The Hall–Kier alpha value is -2.95. The van der Waals surface area contributed by atoms with Crippen LogP contribution in [0.15, 0.2) is 53.7 Å². The molecule has 27 heavy (non-hydrogen) atoms. The van der Waals surface area contributed by atoms with E-state index in [-0.39, 0.29) is 46.7 Å². The van der Waals surface area contributed by atoms with Crippen molar-refractivity contribution >= 4 is 28.8 Å². The van der Waals surface area contributed by atoms with E-state index in [1.807, 2.05) is 30.3 Å². The van der Waals surface area contributed by atoms with Crippen LogP contribution in [0.3, 0.4) is 0 Å². The fraction of sp³-hybridized carbons (Fsp3) is 0.318. The Morgan fingerprint density at radius 1 is 1.00 bits per heavy atom. The molecule has 4 atom stereocenters. The summed E-state index contributed by atoms with van der Waals surface area (Å²) >= 11 is 0. The zero-order valence-electron chi connectivity index (χ0n) is 14.6. The normalized spacial score (nSPS) is 32.4. The van der Waals surface area contributed by atoms with E-state index in [0.29, 0.717) is 5.56 Å². The highest BCUT2D eigenvalue weighted by atomic mass is 16.3. The highest BCUT2D eigenvalue weighted by Gasteiger charge is 2.73. The van der Waals surface area contributed by atoms with Crippen LogP contribution in [-0.2, 0) is 9.59 Å². The average Bonchev–Trinajstić information content (AvgIpc) is 3.28. The number of carbonyl (C=O) groups excluding carboxylic acids is 2. The molecule has 1 spiro atoms. The molecular weight excluding hydrogens is 340 g/mol. The van der Waals surface area contributed by atoms with Crippen molar-refractivity contribution in [3.8, 4) is 5.75 Å². The number of benzene rings is 2. The molecule has 0 unspecified atom stereocenters. The maximum atomic E-state index is 13.0. The molecule has 2 bridgehead atoms. The lowest BCUT2D eigenvalue weighted by Gasteiger charge is -2.18. The van der Waals surface area contributed by atoms with E-state index in [2.05, 4.69) is 17.3 Å². The Morgan fingerprint density at radius 3 is 2.33 bits per heavy atom.